The van der Waals surface area contributed by atoms with Crippen molar-refractivity contribution in [3.63, 3.8) is 0 Å². The van der Waals surface area contributed by atoms with E-state index in [0.29, 0.717) is 0 Å². The first-order chi connectivity index (χ1) is 10.0. The second-order valence-corrected chi connectivity index (χ2v) is 5.72. The van der Waals surface area contributed by atoms with Gasteiger partial charge in [0.1, 0.15) is 5.65 Å². The quantitative estimate of drug-likeness (QED) is 0.796. The van der Waals surface area contributed by atoms with Crippen molar-refractivity contribution in [2.75, 3.05) is 0 Å². The highest BCUT2D eigenvalue weighted by molar-refractivity contribution is 5.46. The molecule has 0 fully saturated rings. The molecule has 0 saturated carbocycles. The summed E-state index contributed by atoms with van der Waals surface area (Å²) < 4.78 is 2.01. The van der Waals surface area contributed by atoms with Gasteiger partial charge in [0, 0.05) is 12.6 Å². The van der Waals surface area contributed by atoms with Crippen LogP contribution in [0.25, 0.3) is 5.65 Å². The maximum absolute atomic E-state index is 10.2. The average Bonchev–Trinajstić information content (AvgIpc) is 2.75. The Morgan fingerprint density at radius 2 is 1.95 bits per heavy atom. The minimum atomic E-state index is -0.540. The summed E-state index contributed by atoms with van der Waals surface area (Å²) in [5.74, 6) is 0. The summed E-state index contributed by atoms with van der Waals surface area (Å²) in [5.41, 5.74) is 6.34. The third kappa shape index (κ3) is 2.69. The fourth-order valence-corrected chi connectivity index (χ4v) is 2.81. The van der Waals surface area contributed by atoms with Crippen LogP contribution in [-0.2, 0) is 6.42 Å². The topological polar surface area (TPSA) is 37.5 Å². The third-order valence-corrected chi connectivity index (χ3v) is 3.73. The van der Waals surface area contributed by atoms with Gasteiger partial charge < -0.3 is 9.51 Å². The third-order valence-electron chi connectivity index (χ3n) is 3.73. The second-order valence-electron chi connectivity index (χ2n) is 5.72. The van der Waals surface area contributed by atoms with E-state index in [9.17, 15) is 5.11 Å². The predicted molar refractivity (Wildman–Crippen MR) is 84.5 cm³/mol. The van der Waals surface area contributed by atoms with Crippen LogP contribution in [0.2, 0.25) is 0 Å². The molecule has 3 heteroatoms. The number of fused-ring (bicyclic) bond motifs is 1. The highest BCUT2D eigenvalue weighted by Crippen LogP contribution is 2.23. The van der Waals surface area contributed by atoms with Crippen molar-refractivity contribution in [1.82, 2.24) is 9.38 Å². The van der Waals surface area contributed by atoms with E-state index in [1.807, 2.05) is 29.7 Å². The van der Waals surface area contributed by atoms with E-state index < -0.39 is 6.10 Å². The summed E-state index contributed by atoms with van der Waals surface area (Å²) in [5, 5.41) is 10.2. The van der Waals surface area contributed by atoms with Gasteiger partial charge in [-0.3, -0.25) is 0 Å². The Kier molecular flexibility index (Phi) is 3.52. The number of nitrogens with zero attached hydrogens (tertiary/aromatic N) is 2. The number of imidazole rings is 1. The number of aliphatic hydroxyl groups excluding tert-OH is 1. The second kappa shape index (κ2) is 5.34. The van der Waals surface area contributed by atoms with E-state index in [2.05, 4.69) is 31.2 Å². The minimum Gasteiger partial charge on any atom is -0.387 e. The fourth-order valence-electron chi connectivity index (χ4n) is 2.81. The van der Waals surface area contributed by atoms with Gasteiger partial charge in [-0.1, -0.05) is 35.9 Å². The summed E-state index contributed by atoms with van der Waals surface area (Å²) in [7, 11) is 0. The molecule has 3 aromatic rings. The summed E-state index contributed by atoms with van der Waals surface area (Å²) in [6.07, 6.45) is 2.23. The average molecular weight is 280 g/mol. The summed E-state index contributed by atoms with van der Waals surface area (Å²) in [6.45, 7) is 5.93. The molecule has 3 nitrogen and oxygen atoms in total. The van der Waals surface area contributed by atoms with Crippen LogP contribution in [0.3, 0.4) is 0 Å². The molecule has 0 amide bonds. The number of rotatable bonds is 3. The Labute approximate surface area is 124 Å². The van der Waals surface area contributed by atoms with Crippen molar-refractivity contribution in [2.45, 2.75) is 33.3 Å². The molecule has 0 aliphatic heterocycles. The minimum absolute atomic E-state index is 0.540. The number of hydrogen-bond donors (Lipinski definition) is 1. The van der Waals surface area contributed by atoms with E-state index in [1.165, 1.54) is 11.1 Å². The van der Waals surface area contributed by atoms with Gasteiger partial charge in [-0.05, 0) is 38.0 Å². The molecule has 2 aromatic heterocycles. The van der Waals surface area contributed by atoms with E-state index in [0.717, 1.165) is 29.0 Å². The van der Waals surface area contributed by atoms with Gasteiger partial charge in [0.15, 0.2) is 0 Å². The first-order valence-electron chi connectivity index (χ1n) is 7.25. The molecular formula is C18H20N2O. The molecule has 1 N–H and O–H groups in total. The number of benzene rings is 1. The van der Waals surface area contributed by atoms with Crippen molar-refractivity contribution in [3.8, 4) is 0 Å². The summed E-state index contributed by atoms with van der Waals surface area (Å²) >= 11 is 0. The normalized spacial score (nSPS) is 12.8. The van der Waals surface area contributed by atoms with Gasteiger partial charge in [0.25, 0.3) is 0 Å². The van der Waals surface area contributed by atoms with Crippen molar-refractivity contribution in [3.05, 3.63) is 70.7 Å². The maximum atomic E-state index is 10.2. The zero-order valence-electron chi connectivity index (χ0n) is 12.7. The van der Waals surface area contributed by atoms with Gasteiger partial charge in [0.05, 0.1) is 17.5 Å². The van der Waals surface area contributed by atoms with Gasteiger partial charge >= 0.3 is 0 Å². The van der Waals surface area contributed by atoms with Crippen LogP contribution in [0, 0.1) is 13.8 Å². The van der Waals surface area contributed by atoms with Crippen molar-refractivity contribution >= 4 is 5.65 Å². The molecule has 1 atom stereocenters. The molecule has 0 aliphatic rings. The van der Waals surface area contributed by atoms with Crippen LogP contribution in [0.5, 0.6) is 0 Å². The summed E-state index contributed by atoms with van der Waals surface area (Å²) in [4.78, 5) is 4.70. The zero-order chi connectivity index (χ0) is 15.0. The molecule has 21 heavy (non-hydrogen) atoms. The lowest BCUT2D eigenvalue weighted by Crippen LogP contribution is -2.02. The van der Waals surface area contributed by atoms with Gasteiger partial charge in [-0.15, -0.1) is 0 Å². The van der Waals surface area contributed by atoms with E-state index in [1.54, 1.807) is 6.92 Å². The van der Waals surface area contributed by atoms with Gasteiger partial charge in [0.2, 0.25) is 0 Å². The SMILES string of the molecule is Cc1cccc(Cc2nc3ccc(C)cn3c2C(C)O)c1. The fraction of sp³-hybridized carbons (Fsp3) is 0.278. The first-order valence-corrected chi connectivity index (χ1v) is 7.25. The van der Waals surface area contributed by atoms with Crippen LogP contribution in [0.15, 0.2) is 42.6 Å². The number of aromatic nitrogens is 2. The zero-order valence-corrected chi connectivity index (χ0v) is 12.7. The molecule has 0 saturated heterocycles. The number of pyridine rings is 1. The molecule has 1 unspecified atom stereocenters. The Hall–Kier alpha value is -2.13. The van der Waals surface area contributed by atoms with Crippen LogP contribution < -0.4 is 0 Å². The smallest absolute Gasteiger partial charge is 0.137 e. The summed E-state index contributed by atoms with van der Waals surface area (Å²) in [6, 6.07) is 12.5. The lowest BCUT2D eigenvalue weighted by atomic mass is 10.0. The lowest BCUT2D eigenvalue weighted by molar-refractivity contribution is 0.192. The van der Waals surface area contributed by atoms with E-state index >= 15 is 0 Å². The Bertz CT molecular complexity index is 787. The van der Waals surface area contributed by atoms with Crippen molar-refractivity contribution in [1.29, 1.82) is 0 Å². The van der Waals surface area contributed by atoms with Gasteiger partial charge in [-0.2, -0.15) is 0 Å². The number of aryl methyl sites for hydroxylation is 2. The highest BCUT2D eigenvalue weighted by Gasteiger charge is 2.16. The lowest BCUT2D eigenvalue weighted by Gasteiger charge is -2.08. The molecular weight excluding hydrogens is 260 g/mol. The molecule has 1 aromatic carbocycles. The van der Waals surface area contributed by atoms with Crippen LogP contribution in [-0.4, -0.2) is 14.5 Å². The van der Waals surface area contributed by atoms with E-state index in [-0.39, 0.29) is 0 Å². The predicted octanol–water partition coefficient (Wildman–Crippen LogP) is 3.60. The standard InChI is InChI=1S/C18H20N2O/c1-12-5-4-6-15(9-12)10-16-18(14(3)21)20-11-13(2)7-8-17(20)19-16/h4-9,11,14,21H,10H2,1-3H3. The largest absolute Gasteiger partial charge is 0.387 e. The molecule has 2 heterocycles. The Morgan fingerprint density at radius 1 is 1.14 bits per heavy atom. The van der Waals surface area contributed by atoms with Crippen LogP contribution >= 0.6 is 0 Å². The molecule has 0 bridgehead atoms. The number of aliphatic hydroxyl groups is 1. The monoisotopic (exact) mass is 280 g/mol. The molecule has 0 spiro atoms. The Balaban J connectivity index is 2.11. The molecule has 3 rings (SSSR count). The molecule has 0 aliphatic carbocycles. The maximum Gasteiger partial charge on any atom is 0.137 e. The first kappa shape index (κ1) is 13.8. The highest BCUT2D eigenvalue weighted by atomic mass is 16.3. The van der Waals surface area contributed by atoms with Gasteiger partial charge in [-0.25, -0.2) is 4.98 Å². The van der Waals surface area contributed by atoms with Crippen molar-refractivity contribution in [2.24, 2.45) is 0 Å². The molecule has 108 valence electrons. The van der Waals surface area contributed by atoms with Crippen LogP contribution in [0.4, 0.5) is 0 Å². The molecule has 0 radical (unpaired) electrons. The van der Waals surface area contributed by atoms with E-state index in [4.69, 9.17) is 4.98 Å². The Morgan fingerprint density at radius 3 is 2.67 bits per heavy atom. The van der Waals surface area contributed by atoms with Crippen LogP contribution in [0.1, 0.15) is 41.1 Å². The number of hydrogen-bond acceptors (Lipinski definition) is 2. The van der Waals surface area contributed by atoms with Crippen molar-refractivity contribution < 1.29 is 5.11 Å².